The predicted molar refractivity (Wildman–Crippen MR) is 91.6 cm³/mol. The largest absolute Gasteiger partial charge is 0.472 e. The molecule has 0 aliphatic carbocycles. The van der Waals surface area contributed by atoms with E-state index >= 15 is 0 Å². The summed E-state index contributed by atoms with van der Waals surface area (Å²) in [6, 6.07) is 1.51. The lowest BCUT2D eigenvalue weighted by Crippen LogP contribution is -2.56. The number of rotatable bonds is 3. The molecule has 1 aromatic heterocycles. The van der Waals surface area contributed by atoms with Crippen LogP contribution in [-0.4, -0.2) is 97.4 Å². The molecule has 2 aliphatic heterocycles. The van der Waals surface area contributed by atoms with Gasteiger partial charge >= 0.3 is 11.8 Å². The van der Waals surface area contributed by atoms with Crippen molar-refractivity contribution in [1.29, 1.82) is 0 Å². The summed E-state index contributed by atoms with van der Waals surface area (Å²) < 4.78 is 10.0. The molecular formula is C17H22N4O6. The van der Waals surface area contributed by atoms with Crippen LogP contribution < -0.4 is 5.32 Å². The van der Waals surface area contributed by atoms with Gasteiger partial charge in [-0.2, -0.15) is 0 Å². The van der Waals surface area contributed by atoms with Crippen LogP contribution in [0.15, 0.2) is 23.0 Å². The predicted octanol–water partition coefficient (Wildman–Crippen LogP) is -1.46. The van der Waals surface area contributed by atoms with Gasteiger partial charge in [0.2, 0.25) is 5.91 Å². The van der Waals surface area contributed by atoms with E-state index in [4.69, 9.17) is 9.15 Å². The lowest BCUT2D eigenvalue weighted by Gasteiger charge is -2.35. The van der Waals surface area contributed by atoms with Gasteiger partial charge in [0.1, 0.15) is 6.26 Å². The summed E-state index contributed by atoms with van der Waals surface area (Å²) >= 11 is 0. The number of amides is 4. The number of morpholine rings is 1. The molecule has 2 aliphatic rings. The first kappa shape index (κ1) is 18.9. The van der Waals surface area contributed by atoms with Gasteiger partial charge in [-0.3, -0.25) is 19.2 Å². The molecule has 2 fully saturated rings. The second-order valence-corrected chi connectivity index (χ2v) is 6.27. The van der Waals surface area contributed by atoms with Gasteiger partial charge < -0.3 is 29.2 Å². The monoisotopic (exact) mass is 378 g/mol. The molecule has 0 atom stereocenters. The second kappa shape index (κ2) is 8.67. The maximum absolute atomic E-state index is 12.3. The van der Waals surface area contributed by atoms with E-state index in [9.17, 15) is 19.2 Å². The Kier molecular flexibility index (Phi) is 6.07. The molecular weight excluding hydrogens is 356 g/mol. The summed E-state index contributed by atoms with van der Waals surface area (Å²) in [6.45, 7) is 2.79. The van der Waals surface area contributed by atoms with Crippen molar-refractivity contribution in [2.75, 3.05) is 59.0 Å². The number of hydrogen-bond donors (Lipinski definition) is 1. The summed E-state index contributed by atoms with van der Waals surface area (Å²) in [5.74, 6) is -1.69. The summed E-state index contributed by atoms with van der Waals surface area (Å²) in [5.41, 5.74) is 0.347. The highest BCUT2D eigenvalue weighted by Gasteiger charge is 2.31. The van der Waals surface area contributed by atoms with Crippen LogP contribution in [0.5, 0.6) is 0 Å². The van der Waals surface area contributed by atoms with E-state index in [2.05, 4.69) is 5.32 Å². The Labute approximate surface area is 156 Å². The zero-order valence-corrected chi connectivity index (χ0v) is 14.9. The Morgan fingerprint density at radius 2 is 1.48 bits per heavy atom. The number of furan rings is 1. The molecule has 0 spiro atoms. The molecule has 0 bridgehead atoms. The van der Waals surface area contributed by atoms with Gasteiger partial charge in [0.25, 0.3) is 5.91 Å². The first-order chi connectivity index (χ1) is 13.1. The normalized spacial score (nSPS) is 17.6. The fourth-order valence-corrected chi connectivity index (χ4v) is 2.96. The third-order valence-electron chi connectivity index (χ3n) is 4.58. The second-order valence-electron chi connectivity index (χ2n) is 6.27. The minimum Gasteiger partial charge on any atom is -0.472 e. The zero-order chi connectivity index (χ0) is 19.2. The van der Waals surface area contributed by atoms with Crippen LogP contribution in [0, 0.1) is 0 Å². The topological polar surface area (TPSA) is 112 Å². The van der Waals surface area contributed by atoms with Crippen molar-refractivity contribution in [2.24, 2.45) is 0 Å². The van der Waals surface area contributed by atoms with Gasteiger partial charge in [-0.1, -0.05) is 0 Å². The van der Waals surface area contributed by atoms with Crippen molar-refractivity contribution in [2.45, 2.75) is 0 Å². The van der Waals surface area contributed by atoms with Gasteiger partial charge in [0, 0.05) is 39.3 Å². The Bertz CT molecular complexity index is 690. The van der Waals surface area contributed by atoms with E-state index in [1.54, 1.807) is 4.90 Å². The number of carbonyl (C=O) groups is 4. The van der Waals surface area contributed by atoms with Crippen LogP contribution in [-0.2, 0) is 19.1 Å². The Hall–Kier alpha value is -2.88. The van der Waals surface area contributed by atoms with Crippen LogP contribution in [0.1, 0.15) is 10.4 Å². The number of hydrogen-bond acceptors (Lipinski definition) is 6. The third-order valence-corrected chi connectivity index (χ3v) is 4.58. The number of carbonyl (C=O) groups excluding carboxylic acids is 4. The maximum Gasteiger partial charge on any atom is 0.312 e. The first-order valence-corrected chi connectivity index (χ1v) is 8.80. The first-order valence-electron chi connectivity index (χ1n) is 8.80. The maximum atomic E-state index is 12.3. The lowest BCUT2D eigenvalue weighted by molar-refractivity contribution is -0.155. The van der Waals surface area contributed by atoms with Gasteiger partial charge in [-0.05, 0) is 6.07 Å². The minimum absolute atomic E-state index is 0.134. The number of ether oxygens (including phenoxy) is 1. The Morgan fingerprint density at radius 1 is 0.889 bits per heavy atom. The number of nitrogens with one attached hydrogen (secondary N) is 1. The van der Waals surface area contributed by atoms with Gasteiger partial charge in [0.15, 0.2) is 0 Å². The molecule has 10 heteroatoms. The van der Waals surface area contributed by atoms with Crippen molar-refractivity contribution in [3.8, 4) is 0 Å². The number of piperazine rings is 1. The van der Waals surface area contributed by atoms with E-state index in [-0.39, 0.29) is 31.4 Å². The zero-order valence-electron chi connectivity index (χ0n) is 14.9. The molecule has 1 aromatic rings. The average Bonchev–Trinajstić information content (AvgIpc) is 3.26. The smallest absolute Gasteiger partial charge is 0.312 e. The van der Waals surface area contributed by atoms with Crippen molar-refractivity contribution in [1.82, 2.24) is 20.0 Å². The van der Waals surface area contributed by atoms with Gasteiger partial charge in [-0.25, -0.2) is 0 Å². The highest BCUT2D eigenvalue weighted by atomic mass is 16.5. The Morgan fingerprint density at radius 3 is 2.07 bits per heavy atom. The van der Waals surface area contributed by atoms with Crippen LogP contribution in [0.2, 0.25) is 0 Å². The highest BCUT2D eigenvalue weighted by Crippen LogP contribution is 2.06. The quantitative estimate of drug-likeness (QED) is 0.644. The standard InChI is InChI=1S/C17H22N4O6/c22-14(11-18-15(23)13-1-8-27-12-13)19-2-4-20(5-3-19)16(24)17(25)21-6-9-26-10-7-21/h1,8,12H,2-7,9-11H2,(H,18,23). The van der Waals surface area contributed by atoms with Crippen molar-refractivity contribution >= 4 is 23.6 Å². The third kappa shape index (κ3) is 4.64. The molecule has 4 amide bonds. The van der Waals surface area contributed by atoms with Crippen LogP contribution in [0.4, 0.5) is 0 Å². The van der Waals surface area contributed by atoms with Crippen LogP contribution in [0.25, 0.3) is 0 Å². The van der Waals surface area contributed by atoms with E-state index in [1.807, 2.05) is 0 Å². The minimum atomic E-state index is -0.544. The van der Waals surface area contributed by atoms with E-state index in [0.717, 1.165) is 0 Å². The average molecular weight is 378 g/mol. The molecule has 146 valence electrons. The van der Waals surface area contributed by atoms with Crippen molar-refractivity contribution < 1.29 is 28.3 Å². The molecule has 3 heterocycles. The summed E-state index contributed by atoms with van der Waals surface area (Å²) in [4.78, 5) is 53.2. The SMILES string of the molecule is O=C(NCC(=O)N1CCN(C(=O)C(=O)N2CCOCC2)CC1)c1ccoc1. The highest BCUT2D eigenvalue weighted by molar-refractivity contribution is 6.34. The summed E-state index contributed by atoms with van der Waals surface area (Å²) in [5, 5.41) is 2.53. The molecule has 1 N–H and O–H groups in total. The van der Waals surface area contributed by atoms with Gasteiger partial charge in [-0.15, -0.1) is 0 Å². The molecule has 0 aromatic carbocycles. The van der Waals surface area contributed by atoms with Crippen LogP contribution in [0.3, 0.4) is 0 Å². The van der Waals surface area contributed by atoms with E-state index in [0.29, 0.717) is 45.0 Å². The van der Waals surface area contributed by atoms with Crippen molar-refractivity contribution in [3.63, 3.8) is 0 Å². The van der Waals surface area contributed by atoms with Crippen LogP contribution >= 0.6 is 0 Å². The molecule has 0 radical (unpaired) electrons. The summed E-state index contributed by atoms with van der Waals surface area (Å²) in [7, 11) is 0. The Balaban J connectivity index is 1.42. The van der Waals surface area contributed by atoms with E-state index < -0.39 is 11.8 Å². The molecule has 2 saturated heterocycles. The molecule has 3 rings (SSSR count). The lowest BCUT2D eigenvalue weighted by atomic mass is 10.2. The number of nitrogens with zero attached hydrogens (tertiary/aromatic N) is 3. The fraction of sp³-hybridized carbons (Fsp3) is 0.529. The fourth-order valence-electron chi connectivity index (χ4n) is 2.96. The van der Waals surface area contributed by atoms with Gasteiger partial charge in [0.05, 0.1) is 31.6 Å². The van der Waals surface area contributed by atoms with Crippen molar-refractivity contribution in [3.05, 3.63) is 24.2 Å². The molecule has 0 unspecified atom stereocenters. The van der Waals surface area contributed by atoms with E-state index in [1.165, 1.54) is 28.4 Å². The molecule has 10 nitrogen and oxygen atoms in total. The molecule has 27 heavy (non-hydrogen) atoms. The summed E-state index contributed by atoms with van der Waals surface area (Å²) in [6.07, 6.45) is 2.68. The molecule has 0 saturated carbocycles.